The average Bonchev–Trinajstić information content (AvgIpc) is 3.32. The number of benzene rings is 2. The number of carbonyl (C=O) groups excluding carboxylic acids is 2. The third-order valence-corrected chi connectivity index (χ3v) is 6.40. The summed E-state index contributed by atoms with van der Waals surface area (Å²) < 4.78 is 24.6. The van der Waals surface area contributed by atoms with Crippen molar-refractivity contribution in [1.29, 1.82) is 0 Å². The van der Waals surface area contributed by atoms with Crippen molar-refractivity contribution in [3.05, 3.63) is 70.0 Å². The second-order valence-corrected chi connectivity index (χ2v) is 9.54. The largest absolute Gasteiger partial charge is 0.325 e. The number of carbonyl (C=O) groups is 2. The van der Waals surface area contributed by atoms with Gasteiger partial charge in [-0.05, 0) is 59.3 Å². The van der Waals surface area contributed by atoms with Crippen LogP contribution in [0.25, 0.3) is 5.69 Å². The molecule has 14 heteroatoms. The Kier molecular flexibility index (Phi) is 5.16. The highest BCUT2D eigenvalue weighted by molar-refractivity contribution is 7.90. The van der Waals surface area contributed by atoms with Crippen LogP contribution in [0.1, 0.15) is 18.3 Å². The van der Waals surface area contributed by atoms with Crippen molar-refractivity contribution in [2.24, 2.45) is 0 Å². The first-order chi connectivity index (χ1) is 15.5. The fourth-order valence-electron chi connectivity index (χ4n) is 3.43. The number of imide groups is 1. The zero-order valence-corrected chi connectivity index (χ0v) is 18.2. The Morgan fingerprint density at radius 1 is 1.09 bits per heavy atom. The van der Waals surface area contributed by atoms with Crippen LogP contribution in [0.5, 0.6) is 0 Å². The first-order valence-corrected chi connectivity index (χ1v) is 11.4. The monoisotopic (exact) mass is 471 g/mol. The minimum atomic E-state index is -3.38. The number of aromatic nitrogens is 4. The third-order valence-electron chi connectivity index (χ3n) is 5.27. The number of nitro groups is 1. The minimum absolute atomic E-state index is 0.119. The first kappa shape index (κ1) is 22.0. The summed E-state index contributed by atoms with van der Waals surface area (Å²) >= 11 is 0. The maximum absolute atomic E-state index is 13.2. The third kappa shape index (κ3) is 3.91. The van der Waals surface area contributed by atoms with Crippen LogP contribution in [0.4, 0.5) is 10.5 Å². The van der Waals surface area contributed by atoms with E-state index in [1.807, 2.05) is 0 Å². The molecular weight excluding hydrogens is 454 g/mol. The molecule has 2 heterocycles. The van der Waals surface area contributed by atoms with Crippen LogP contribution in [0.2, 0.25) is 0 Å². The fraction of sp³-hybridized carbons (Fsp3) is 0.211. The molecule has 13 nitrogen and oxygen atoms in total. The van der Waals surface area contributed by atoms with Gasteiger partial charge < -0.3 is 5.32 Å². The van der Waals surface area contributed by atoms with Gasteiger partial charge in [-0.2, -0.15) is 4.68 Å². The number of tetrazole rings is 1. The van der Waals surface area contributed by atoms with E-state index in [1.165, 1.54) is 60.1 Å². The zero-order chi connectivity index (χ0) is 24.0. The molecule has 1 unspecified atom stereocenters. The number of rotatable bonds is 6. The summed E-state index contributed by atoms with van der Waals surface area (Å²) in [7, 11) is -3.38. The Hall–Kier alpha value is -4.20. The number of nitrogens with zero attached hydrogens (tertiary/aromatic N) is 6. The van der Waals surface area contributed by atoms with Gasteiger partial charge in [0.15, 0.2) is 15.7 Å². The molecule has 1 aliphatic heterocycles. The number of sulfone groups is 1. The molecule has 0 saturated carbocycles. The van der Waals surface area contributed by atoms with Gasteiger partial charge in [-0.15, -0.1) is 5.10 Å². The number of hydrogen-bond donors (Lipinski definition) is 1. The van der Waals surface area contributed by atoms with E-state index in [1.54, 1.807) is 0 Å². The molecule has 170 valence electrons. The standard InChI is InChI=1S/C19H17N7O6S/c1-19(12-3-5-14(6-4-12)26(29)30)17(27)24(18(28)20-19)11-16-21-22-23-25(16)13-7-9-15(10-8-13)33(2,31)32/h3-10H,11H2,1-2H3,(H,20,28). The fourth-order valence-corrected chi connectivity index (χ4v) is 4.06. The summed E-state index contributed by atoms with van der Waals surface area (Å²) in [5.74, 6) is -0.415. The molecule has 0 spiro atoms. The van der Waals surface area contributed by atoms with Gasteiger partial charge in [0.2, 0.25) is 0 Å². The lowest BCUT2D eigenvalue weighted by atomic mass is 9.92. The highest BCUT2D eigenvalue weighted by atomic mass is 32.2. The number of hydrogen-bond acceptors (Lipinski definition) is 9. The second-order valence-electron chi connectivity index (χ2n) is 7.52. The Balaban J connectivity index is 1.60. The zero-order valence-electron chi connectivity index (χ0n) is 17.4. The van der Waals surface area contributed by atoms with Crippen LogP contribution in [0, 0.1) is 10.1 Å². The van der Waals surface area contributed by atoms with Crippen molar-refractivity contribution in [1.82, 2.24) is 30.4 Å². The lowest BCUT2D eigenvalue weighted by Gasteiger charge is -2.22. The maximum atomic E-state index is 13.2. The Bertz CT molecular complexity index is 1370. The van der Waals surface area contributed by atoms with Gasteiger partial charge in [0.05, 0.1) is 22.1 Å². The van der Waals surface area contributed by atoms with Gasteiger partial charge in [-0.3, -0.25) is 19.8 Å². The summed E-state index contributed by atoms with van der Waals surface area (Å²) in [6.45, 7) is 1.25. The summed E-state index contributed by atoms with van der Waals surface area (Å²) in [6.07, 6.45) is 1.09. The molecule has 0 radical (unpaired) electrons. The van der Waals surface area contributed by atoms with Gasteiger partial charge in [-0.25, -0.2) is 13.2 Å². The van der Waals surface area contributed by atoms with Gasteiger partial charge in [-0.1, -0.05) is 0 Å². The number of nitrogens with one attached hydrogen (secondary N) is 1. The summed E-state index contributed by atoms with van der Waals surface area (Å²) in [5, 5.41) is 24.8. The van der Waals surface area contributed by atoms with E-state index in [0.717, 1.165) is 11.2 Å². The van der Waals surface area contributed by atoms with Crippen molar-refractivity contribution in [3.63, 3.8) is 0 Å². The van der Waals surface area contributed by atoms with E-state index in [4.69, 9.17) is 0 Å². The Labute approximate surface area is 187 Å². The van der Waals surface area contributed by atoms with Gasteiger partial charge in [0, 0.05) is 18.4 Å². The number of amides is 3. The molecule has 1 aliphatic rings. The molecule has 1 atom stereocenters. The SMILES string of the molecule is CC1(c2ccc([N+](=O)[O-])cc2)NC(=O)N(Cc2nnnn2-c2ccc(S(C)(=O)=O)cc2)C1=O. The molecule has 1 saturated heterocycles. The lowest BCUT2D eigenvalue weighted by molar-refractivity contribution is -0.384. The van der Waals surface area contributed by atoms with E-state index in [9.17, 15) is 28.1 Å². The molecule has 33 heavy (non-hydrogen) atoms. The highest BCUT2D eigenvalue weighted by Gasteiger charge is 2.49. The topological polar surface area (TPSA) is 170 Å². The van der Waals surface area contributed by atoms with Gasteiger partial charge in [0.1, 0.15) is 5.54 Å². The number of nitro benzene ring substituents is 1. The van der Waals surface area contributed by atoms with Crippen molar-refractivity contribution >= 4 is 27.5 Å². The normalized spacial score (nSPS) is 18.4. The quantitative estimate of drug-likeness (QED) is 0.312. The smallest absolute Gasteiger partial charge is 0.319 e. The summed E-state index contributed by atoms with van der Waals surface area (Å²) in [6, 6.07) is 10.5. The van der Waals surface area contributed by atoms with Crippen LogP contribution >= 0.6 is 0 Å². The molecule has 1 fully saturated rings. The van der Waals surface area contributed by atoms with Crippen LogP contribution in [-0.4, -0.2) is 56.6 Å². The minimum Gasteiger partial charge on any atom is -0.319 e. The van der Waals surface area contributed by atoms with Crippen molar-refractivity contribution in [2.75, 3.05) is 6.26 Å². The molecule has 1 aromatic heterocycles. The highest BCUT2D eigenvalue weighted by Crippen LogP contribution is 2.31. The summed E-state index contributed by atoms with van der Waals surface area (Å²) in [5.41, 5.74) is -0.753. The van der Waals surface area contributed by atoms with Gasteiger partial charge in [0.25, 0.3) is 11.6 Å². The van der Waals surface area contributed by atoms with E-state index in [2.05, 4.69) is 20.8 Å². The predicted molar refractivity (Wildman–Crippen MR) is 112 cm³/mol. The molecule has 0 aliphatic carbocycles. The predicted octanol–water partition coefficient (Wildman–Crippen LogP) is 0.941. The maximum Gasteiger partial charge on any atom is 0.325 e. The van der Waals surface area contributed by atoms with Crippen LogP contribution in [0.3, 0.4) is 0 Å². The molecule has 3 aromatic rings. The average molecular weight is 471 g/mol. The van der Waals surface area contributed by atoms with E-state index < -0.39 is 32.2 Å². The molecule has 4 rings (SSSR count). The Morgan fingerprint density at radius 2 is 1.73 bits per heavy atom. The number of urea groups is 1. The van der Waals surface area contributed by atoms with Crippen molar-refractivity contribution in [3.8, 4) is 5.69 Å². The van der Waals surface area contributed by atoms with Crippen LogP contribution in [0.15, 0.2) is 53.4 Å². The van der Waals surface area contributed by atoms with E-state index >= 15 is 0 Å². The number of non-ortho nitro benzene ring substituents is 1. The van der Waals surface area contributed by atoms with Gasteiger partial charge >= 0.3 is 6.03 Å². The second kappa shape index (κ2) is 7.74. The molecule has 2 aromatic carbocycles. The molecule has 0 bridgehead atoms. The van der Waals surface area contributed by atoms with Crippen LogP contribution < -0.4 is 5.32 Å². The van der Waals surface area contributed by atoms with Crippen molar-refractivity contribution < 1.29 is 22.9 Å². The van der Waals surface area contributed by atoms with E-state index in [0.29, 0.717) is 11.3 Å². The molecule has 3 amide bonds. The van der Waals surface area contributed by atoms with Crippen LogP contribution in [-0.2, 0) is 26.7 Å². The molecule has 1 N–H and O–H groups in total. The first-order valence-electron chi connectivity index (χ1n) is 9.47. The Morgan fingerprint density at radius 3 is 2.30 bits per heavy atom. The van der Waals surface area contributed by atoms with E-state index in [-0.39, 0.29) is 23.0 Å². The summed E-state index contributed by atoms with van der Waals surface area (Å²) in [4.78, 5) is 37.2. The van der Waals surface area contributed by atoms with Crippen molar-refractivity contribution in [2.45, 2.75) is 23.9 Å². The lowest BCUT2D eigenvalue weighted by Crippen LogP contribution is -2.40. The molecular formula is C19H17N7O6S.